The lowest BCUT2D eigenvalue weighted by Crippen LogP contribution is -2.18. The van der Waals surface area contributed by atoms with E-state index < -0.39 is 23.4 Å². The van der Waals surface area contributed by atoms with E-state index in [-0.39, 0.29) is 5.82 Å². The first-order valence-corrected chi connectivity index (χ1v) is 8.83. The predicted octanol–water partition coefficient (Wildman–Crippen LogP) is 4.53. The number of aromatic carboxylic acids is 1. The van der Waals surface area contributed by atoms with E-state index in [4.69, 9.17) is 5.11 Å². The molecular formula is C20H16F3N3O2. The molecule has 0 fully saturated rings. The normalized spacial score (nSPS) is 14.0. The largest absolute Gasteiger partial charge is 0.478 e. The van der Waals surface area contributed by atoms with E-state index in [9.17, 15) is 18.0 Å². The van der Waals surface area contributed by atoms with Gasteiger partial charge >= 0.3 is 12.1 Å². The van der Waals surface area contributed by atoms with E-state index in [0.717, 1.165) is 31.2 Å². The van der Waals surface area contributed by atoms with Crippen LogP contribution in [0, 0.1) is 0 Å². The Kier molecular flexibility index (Phi) is 4.41. The Bertz CT molecular complexity index is 1060. The van der Waals surface area contributed by atoms with Crippen molar-refractivity contribution in [3.63, 3.8) is 0 Å². The molecule has 1 aliphatic rings. The summed E-state index contributed by atoms with van der Waals surface area (Å²) in [5.74, 6) is -1.77. The third-order valence-corrected chi connectivity index (χ3v) is 4.89. The van der Waals surface area contributed by atoms with Gasteiger partial charge in [-0.2, -0.15) is 18.3 Å². The van der Waals surface area contributed by atoms with Crippen LogP contribution in [-0.4, -0.2) is 25.8 Å². The average molecular weight is 387 g/mol. The van der Waals surface area contributed by atoms with Crippen molar-refractivity contribution in [3.8, 4) is 17.1 Å². The molecule has 5 nitrogen and oxygen atoms in total. The standard InChI is InChI=1S/C20H16F3N3O2/c21-20(22,23)18-15(19(27)28)11-24-26(18)17-10-4-9-16(25-17)14-8-3-6-12-5-1-2-7-13(12)14/h3-4,6,8-11H,1-2,5,7H2,(H,27,28). The fourth-order valence-corrected chi connectivity index (χ4v) is 3.66. The van der Waals surface area contributed by atoms with Crippen LogP contribution in [0.25, 0.3) is 17.1 Å². The highest BCUT2D eigenvalue weighted by molar-refractivity contribution is 5.89. The van der Waals surface area contributed by atoms with E-state index in [1.54, 1.807) is 12.1 Å². The summed E-state index contributed by atoms with van der Waals surface area (Å²) in [7, 11) is 0. The second-order valence-corrected chi connectivity index (χ2v) is 6.65. The topological polar surface area (TPSA) is 68.0 Å². The molecule has 1 aliphatic carbocycles. The summed E-state index contributed by atoms with van der Waals surface area (Å²) in [6, 6.07) is 10.6. The summed E-state index contributed by atoms with van der Waals surface area (Å²) in [5.41, 5.74) is 1.58. The molecule has 0 saturated carbocycles. The van der Waals surface area contributed by atoms with E-state index >= 15 is 0 Å². The number of pyridine rings is 1. The highest BCUT2D eigenvalue weighted by atomic mass is 19.4. The Labute approximate surface area is 158 Å². The predicted molar refractivity (Wildman–Crippen MR) is 95.4 cm³/mol. The van der Waals surface area contributed by atoms with E-state index in [2.05, 4.69) is 16.1 Å². The number of carbonyl (C=O) groups is 1. The van der Waals surface area contributed by atoms with Crippen LogP contribution < -0.4 is 0 Å². The number of alkyl halides is 3. The minimum Gasteiger partial charge on any atom is -0.478 e. The van der Waals surface area contributed by atoms with Crippen LogP contribution in [0.2, 0.25) is 0 Å². The third-order valence-electron chi connectivity index (χ3n) is 4.89. The maximum atomic E-state index is 13.5. The number of aromatic nitrogens is 3. The maximum Gasteiger partial charge on any atom is 0.434 e. The number of benzene rings is 1. The van der Waals surface area contributed by atoms with Gasteiger partial charge < -0.3 is 5.11 Å². The quantitative estimate of drug-likeness (QED) is 0.717. The molecule has 3 aromatic rings. The Morgan fingerprint density at radius 3 is 2.57 bits per heavy atom. The van der Waals surface area contributed by atoms with Gasteiger partial charge in [0.25, 0.3) is 0 Å². The van der Waals surface area contributed by atoms with Gasteiger partial charge in [-0.25, -0.2) is 14.5 Å². The number of carboxylic acids is 1. The third kappa shape index (κ3) is 3.15. The number of halogens is 3. The molecule has 1 aromatic carbocycles. The Morgan fingerprint density at radius 2 is 1.82 bits per heavy atom. The van der Waals surface area contributed by atoms with E-state index in [1.165, 1.54) is 17.2 Å². The molecule has 0 unspecified atom stereocenters. The number of aryl methyl sites for hydroxylation is 1. The Hall–Kier alpha value is -3.16. The maximum absolute atomic E-state index is 13.5. The number of rotatable bonds is 3. The lowest BCUT2D eigenvalue weighted by Gasteiger charge is -2.19. The summed E-state index contributed by atoms with van der Waals surface area (Å²) < 4.78 is 41.0. The molecule has 0 aliphatic heterocycles. The van der Waals surface area contributed by atoms with Gasteiger partial charge in [0.1, 0.15) is 5.56 Å². The molecule has 8 heteroatoms. The molecule has 0 bridgehead atoms. The number of fused-ring (bicyclic) bond motifs is 1. The van der Waals surface area contributed by atoms with Crippen LogP contribution in [0.5, 0.6) is 0 Å². The highest BCUT2D eigenvalue weighted by Crippen LogP contribution is 2.34. The van der Waals surface area contributed by atoms with Gasteiger partial charge in [-0.15, -0.1) is 0 Å². The van der Waals surface area contributed by atoms with E-state index in [0.29, 0.717) is 16.6 Å². The molecule has 2 aromatic heterocycles. The van der Waals surface area contributed by atoms with Gasteiger partial charge in [0.05, 0.1) is 11.9 Å². The van der Waals surface area contributed by atoms with Gasteiger partial charge in [0, 0.05) is 5.56 Å². The summed E-state index contributed by atoms with van der Waals surface area (Å²) in [4.78, 5) is 15.6. The van der Waals surface area contributed by atoms with Crippen LogP contribution in [-0.2, 0) is 19.0 Å². The summed E-state index contributed by atoms with van der Waals surface area (Å²) in [6.07, 6.45) is -0.136. The van der Waals surface area contributed by atoms with Crippen LogP contribution in [0.3, 0.4) is 0 Å². The van der Waals surface area contributed by atoms with Crippen molar-refractivity contribution in [2.45, 2.75) is 31.9 Å². The lowest BCUT2D eigenvalue weighted by molar-refractivity contribution is -0.143. The Balaban J connectivity index is 1.85. The molecule has 1 N–H and O–H groups in total. The van der Waals surface area contributed by atoms with Gasteiger partial charge in [0.15, 0.2) is 11.5 Å². The molecule has 28 heavy (non-hydrogen) atoms. The minimum absolute atomic E-state index is 0.0780. The fraction of sp³-hybridized carbons (Fsp3) is 0.250. The van der Waals surface area contributed by atoms with Gasteiger partial charge in [-0.1, -0.05) is 24.3 Å². The van der Waals surface area contributed by atoms with Gasteiger partial charge in [0.2, 0.25) is 0 Å². The van der Waals surface area contributed by atoms with Crippen molar-refractivity contribution in [2.24, 2.45) is 0 Å². The van der Waals surface area contributed by atoms with Crippen molar-refractivity contribution < 1.29 is 23.1 Å². The van der Waals surface area contributed by atoms with Crippen molar-refractivity contribution >= 4 is 5.97 Å². The first-order chi connectivity index (χ1) is 13.4. The molecule has 0 atom stereocenters. The number of carboxylic acid groups (broad SMARTS) is 1. The summed E-state index contributed by atoms with van der Waals surface area (Å²) in [5, 5.41) is 12.7. The number of hydrogen-bond donors (Lipinski definition) is 1. The minimum atomic E-state index is -4.88. The average Bonchev–Trinajstić information content (AvgIpc) is 3.14. The molecule has 0 amide bonds. The molecule has 2 heterocycles. The van der Waals surface area contributed by atoms with Crippen molar-refractivity contribution in [1.82, 2.24) is 14.8 Å². The lowest BCUT2D eigenvalue weighted by atomic mass is 9.87. The first kappa shape index (κ1) is 18.2. The van der Waals surface area contributed by atoms with Crippen molar-refractivity contribution in [1.29, 1.82) is 0 Å². The molecule has 144 valence electrons. The molecule has 0 saturated heterocycles. The second-order valence-electron chi connectivity index (χ2n) is 6.65. The van der Waals surface area contributed by atoms with Crippen LogP contribution in [0.4, 0.5) is 13.2 Å². The molecular weight excluding hydrogens is 371 g/mol. The fourth-order valence-electron chi connectivity index (χ4n) is 3.66. The smallest absolute Gasteiger partial charge is 0.434 e. The van der Waals surface area contributed by atoms with Gasteiger partial charge in [-0.3, -0.25) is 0 Å². The van der Waals surface area contributed by atoms with Crippen molar-refractivity contribution in [3.05, 3.63) is 65.0 Å². The molecule has 4 rings (SSSR count). The SMILES string of the molecule is O=C(O)c1cnn(-c2cccc(-c3cccc4c3CCCC4)n2)c1C(F)(F)F. The van der Waals surface area contributed by atoms with Crippen LogP contribution >= 0.6 is 0 Å². The Morgan fingerprint density at radius 1 is 1.07 bits per heavy atom. The van der Waals surface area contributed by atoms with Gasteiger partial charge in [-0.05, 0) is 48.9 Å². The van der Waals surface area contributed by atoms with Crippen LogP contribution in [0.15, 0.2) is 42.6 Å². The zero-order valence-corrected chi connectivity index (χ0v) is 14.7. The monoisotopic (exact) mass is 387 g/mol. The van der Waals surface area contributed by atoms with E-state index in [1.807, 2.05) is 12.1 Å². The summed E-state index contributed by atoms with van der Waals surface area (Å²) in [6.45, 7) is 0. The first-order valence-electron chi connectivity index (χ1n) is 8.83. The van der Waals surface area contributed by atoms with Crippen molar-refractivity contribution in [2.75, 3.05) is 0 Å². The molecule has 0 radical (unpaired) electrons. The summed E-state index contributed by atoms with van der Waals surface area (Å²) >= 11 is 0. The highest BCUT2D eigenvalue weighted by Gasteiger charge is 2.41. The second kappa shape index (κ2) is 6.78. The molecule has 0 spiro atoms. The zero-order valence-electron chi connectivity index (χ0n) is 14.7. The number of nitrogens with zero attached hydrogens (tertiary/aromatic N) is 3. The zero-order chi connectivity index (χ0) is 19.9. The number of hydrogen-bond acceptors (Lipinski definition) is 3. The van der Waals surface area contributed by atoms with Crippen LogP contribution in [0.1, 0.15) is 40.0 Å².